The number of aliphatic carboxylic acids is 1. The Kier molecular flexibility index (Phi) is 6.40. The molecule has 112 valence electrons. The van der Waals surface area contributed by atoms with Crippen LogP contribution in [0.2, 0.25) is 5.02 Å². The van der Waals surface area contributed by atoms with E-state index in [-0.39, 0.29) is 18.1 Å². The molecule has 0 saturated carbocycles. The molecule has 0 bridgehead atoms. The molecule has 0 saturated heterocycles. The number of nitrogens with zero attached hydrogens (tertiary/aromatic N) is 2. The van der Waals surface area contributed by atoms with Crippen molar-refractivity contribution in [3.05, 3.63) is 28.8 Å². The van der Waals surface area contributed by atoms with Gasteiger partial charge >= 0.3 is 5.97 Å². The van der Waals surface area contributed by atoms with Crippen LogP contribution in [0.1, 0.15) is 18.9 Å². The van der Waals surface area contributed by atoms with Gasteiger partial charge in [-0.15, -0.1) is 0 Å². The molecule has 2 N–H and O–H groups in total. The number of nitrogens with one attached hydrogen (secondary N) is 1. The van der Waals surface area contributed by atoms with E-state index in [9.17, 15) is 4.79 Å². The van der Waals surface area contributed by atoms with Gasteiger partial charge in [-0.1, -0.05) is 11.6 Å². The predicted molar refractivity (Wildman–Crippen MR) is 86.4 cm³/mol. The van der Waals surface area contributed by atoms with Crippen molar-refractivity contribution in [1.29, 1.82) is 5.26 Å². The van der Waals surface area contributed by atoms with Gasteiger partial charge in [0.05, 0.1) is 12.5 Å². The van der Waals surface area contributed by atoms with E-state index >= 15 is 0 Å². The Bertz CT molecular complexity index is 586. The van der Waals surface area contributed by atoms with Crippen LogP contribution < -0.4 is 5.32 Å². The van der Waals surface area contributed by atoms with Crippen molar-refractivity contribution in [2.24, 2.45) is 0 Å². The fourth-order valence-electron chi connectivity index (χ4n) is 1.73. The van der Waals surface area contributed by atoms with E-state index in [1.54, 1.807) is 18.2 Å². The Balaban J connectivity index is 2.90. The lowest BCUT2D eigenvalue weighted by molar-refractivity contribution is -0.141. The van der Waals surface area contributed by atoms with Gasteiger partial charge in [-0.25, -0.2) is 4.79 Å². The fourth-order valence-corrected chi connectivity index (χ4v) is 2.32. The van der Waals surface area contributed by atoms with Gasteiger partial charge in [0.2, 0.25) is 0 Å². The molecule has 0 amide bonds. The van der Waals surface area contributed by atoms with Crippen molar-refractivity contribution in [2.75, 3.05) is 11.9 Å². The molecule has 0 aromatic heterocycles. The van der Waals surface area contributed by atoms with Gasteiger partial charge in [0.1, 0.15) is 6.04 Å². The molecule has 1 atom stereocenters. The molecular weight excluding hydrogens is 310 g/mol. The van der Waals surface area contributed by atoms with E-state index in [0.717, 1.165) is 11.3 Å². The molecule has 1 unspecified atom stereocenters. The summed E-state index contributed by atoms with van der Waals surface area (Å²) in [5.41, 5.74) is 1.65. The molecule has 21 heavy (non-hydrogen) atoms. The Labute approximate surface area is 134 Å². The minimum Gasteiger partial charge on any atom is -0.480 e. The third kappa shape index (κ3) is 4.88. The first-order chi connectivity index (χ1) is 9.86. The highest BCUT2D eigenvalue weighted by Crippen LogP contribution is 2.20. The minimum atomic E-state index is -0.995. The lowest BCUT2D eigenvalue weighted by Crippen LogP contribution is -2.45. The molecule has 0 heterocycles. The first-order valence-electron chi connectivity index (χ1n) is 6.30. The van der Waals surface area contributed by atoms with Crippen molar-refractivity contribution >= 4 is 40.6 Å². The van der Waals surface area contributed by atoms with Crippen LogP contribution in [-0.2, 0) is 4.79 Å². The molecule has 0 radical (unpaired) electrons. The third-order valence-electron chi connectivity index (χ3n) is 2.98. The second-order valence-electron chi connectivity index (χ2n) is 4.51. The molecule has 0 aliphatic heterocycles. The molecular formula is C14H16ClN3O2S. The Morgan fingerprint density at radius 1 is 1.62 bits per heavy atom. The summed E-state index contributed by atoms with van der Waals surface area (Å²) in [5, 5.41) is 21.7. The van der Waals surface area contributed by atoms with Crippen LogP contribution in [0.5, 0.6) is 0 Å². The quantitative estimate of drug-likeness (QED) is 0.810. The number of rotatable bonds is 5. The predicted octanol–water partition coefficient (Wildman–Crippen LogP) is 3.03. The largest absolute Gasteiger partial charge is 0.480 e. The van der Waals surface area contributed by atoms with Crippen molar-refractivity contribution in [3.63, 3.8) is 0 Å². The van der Waals surface area contributed by atoms with Gasteiger partial charge in [0.25, 0.3) is 0 Å². The van der Waals surface area contributed by atoms with Crippen molar-refractivity contribution in [1.82, 2.24) is 4.90 Å². The van der Waals surface area contributed by atoms with E-state index < -0.39 is 12.0 Å². The van der Waals surface area contributed by atoms with Gasteiger partial charge in [0.15, 0.2) is 5.11 Å². The van der Waals surface area contributed by atoms with E-state index in [1.807, 2.05) is 13.0 Å². The fraction of sp³-hybridized carbons (Fsp3) is 0.357. The van der Waals surface area contributed by atoms with E-state index in [2.05, 4.69) is 5.32 Å². The number of halogens is 1. The maximum absolute atomic E-state index is 11.1. The van der Waals surface area contributed by atoms with Gasteiger partial charge in [0, 0.05) is 17.3 Å². The Morgan fingerprint density at radius 3 is 2.81 bits per heavy atom. The van der Waals surface area contributed by atoms with Crippen molar-refractivity contribution in [2.45, 2.75) is 26.3 Å². The van der Waals surface area contributed by atoms with Crippen molar-refractivity contribution < 1.29 is 9.90 Å². The summed E-state index contributed by atoms with van der Waals surface area (Å²) in [7, 11) is 0. The summed E-state index contributed by atoms with van der Waals surface area (Å²) < 4.78 is 0. The Morgan fingerprint density at radius 2 is 2.29 bits per heavy atom. The summed E-state index contributed by atoms with van der Waals surface area (Å²) in [4.78, 5) is 12.6. The van der Waals surface area contributed by atoms with Crippen LogP contribution in [0.25, 0.3) is 0 Å². The number of carbonyl (C=O) groups is 1. The highest BCUT2D eigenvalue weighted by molar-refractivity contribution is 7.80. The first-order valence-corrected chi connectivity index (χ1v) is 7.09. The number of thiocarbonyl (C=S) groups is 1. The van der Waals surface area contributed by atoms with Crippen LogP contribution in [0.15, 0.2) is 18.2 Å². The first kappa shape index (κ1) is 17.2. The van der Waals surface area contributed by atoms with Crippen LogP contribution in [0.3, 0.4) is 0 Å². The molecule has 0 spiro atoms. The van der Waals surface area contributed by atoms with Gasteiger partial charge < -0.3 is 15.3 Å². The number of anilines is 1. The average Bonchev–Trinajstić information content (AvgIpc) is 2.42. The number of hydrogen-bond donors (Lipinski definition) is 2. The SMILES string of the molecule is Cc1cc(Cl)ccc1NC(=S)N(CCC#N)C(C)C(=O)O. The summed E-state index contributed by atoms with van der Waals surface area (Å²) in [6.45, 7) is 3.65. The number of aryl methyl sites for hydroxylation is 1. The minimum absolute atomic E-state index is 0.193. The van der Waals surface area contributed by atoms with Crippen molar-refractivity contribution in [3.8, 4) is 6.07 Å². The average molecular weight is 326 g/mol. The number of carboxylic acid groups (broad SMARTS) is 1. The maximum Gasteiger partial charge on any atom is 0.326 e. The zero-order valence-electron chi connectivity index (χ0n) is 11.8. The highest BCUT2D eigenvalue weighted by Gasteiger charge is 2.23. The zero-order chi connectivity index (χ0) is 16.0. The standard InChI is InChI=1S/C14H16ClN3O2S/c1-9-8-11(15)4-5-12(9)17-14(21)18(7-3-6-16)10(2)13(19)20/h4-5,8,10H,3,7H2,1-2H3,(H,17,21)(H,19,20). The number of nitriles is 1. The van der Waals surface area contributed by atoms with E-state index in [4.69, 9.17) is 34.2 Å². The second-order valence-corrected chi connectivity index (χ2v) is 5.33. The molecule has 5 nitrogen and oxygen atoms in total. The molecule has 0 aliphatic carbocycles. The number of benzene rings is 1. The summed E-state index contributed by atoms with van der Waals surface area (Å²) in [6.07, 6.45) is 0.193. The normalized spacial score (nSPS) is 11.3. The molecule has 0 fully saturated rings. The van der Waals surface area contributed by atoms with Crippen LogP contribution in [0, 0.1) is 18.3 Å². The molecule has 1 aromatic rings. The molecule has 1 rings (SSSR count). The molecule has 7 heteroatoms. The second kappa shape index (κ2) is 7.81. The molecule has 0 aliphatic rings. The smallest absolute Gasteiger partial charge is 0.326 e. The highest BCUT2D eigenvalue weighted by atomic mass is 35.5. The summed E-state index contributed by atoms with van der Waals surface area (Å²) in [6, 6.07) is 6.46. The number of hydrogen-bond acceptors (Lipinski definition) is 3. The lowest BCUT2D eigenvalue weighted by atomic mass is 10.2. The van der Waals surface area contributed by atoms with Gasteiger partial charge in [-0.3, -0.25) is 0 Å². The summed E-state index contributed by atoms with van der Waals surface area (Å²) >= 11 is 11.2. The topological polar surface area (TPSA) is 76.4 Å². The monoisotopic (exact) mass is 325 g/mol. The maximum atomic E-state index is 11.1. The zero-order valence-corrected chi connectivity index (χ0v) is 13.3. The summed E-state index contributed by atoms with van der Waals surface area (Å²) in [5.74, 6) is -0.995. The lowest BCUT2D eigenvalue weighted by Gasteiger charge is -2.29. The van der Waals surface area contributed by atoms with Crippen LogP contribution in [0.4, 0.5) is 5.69 Å². The van der Waals surface area contributed by atoms with Gasteiger partial charge in [-0.2, -0.15) is 5.26 Å². The third-order valence-corrected chi connectivity index (χ3v) is 3.55. The number of carboxylic acids is 1. The molecule has 1 aromatic carbocycles. The van der Waals surface area contributed by atoms with E-state index in [1.165, 1.54) is 11.8 Å². The van der Waals surface area contributed by atoms with Gasteiger partial charge in [-0.05, 0) is 49.8 Å². The van der Waals surface area contributed by atoms with E-state index in [0.29, 0.717) is 5.02 Å². The Hall–Kier alpha value is -1.84. The van der Waals surface area contributed by atoms with Crippen LogP contribution in [-0.4, -0.2) is 33.7 Å². The van der Waals surface area contributed by atoms with Crippen LogP contribution >= 0.6 is 23.8 Å².